The Balaban J connectivity index is 3.05. The predicted octanol–water partition coefficient (Wildman–Crippen LogP) is 3.07. The molecule has 0 aliphatic carbocycles. The Bertz CT molecular complexity index is 434. The second-order valence-corrected chi connectivity index (χ2v) is 5.27. The van der Waals surface area contributed by atoms with Crippen molar-refractivity contribution in [3.63, 3.8) is 0 Å². The number of aliphatic hydroxyl groups excluding tert-OH is 1. The van der Waals surface area contributed by atoms with Gasteiger partial charge in [-0.3, -0.25) is 4.79 Å². The van der Waals surface area contributed by atoms with Crippen LogP contribution in [0.3, 0.4) is 0 Å². The molecule has 0 aromatic heterocycles. The molecule has 1 N–H and O–H groups in total. The molecule has 1 aromatic rings. The zero-order valence-corrected chi connectivity index (χ0v) is 12.1. The van der Waals surface area contributed by atoms with Crippen LogP contribution in [0.5, 0.6) is 0 Å². The Hall–Kier alpha value is -0.940. The normalized spacial score (nSPS) is 14.4. The molecule has 1 rings (SSSR count). The lowest BCUT2D eigenvalue weighted by molar-refractivity contribution is -0.152. The van der Waals surface area contributed by atoms with Gasteiger partial charge < -0.3 is 9.84 Å². The Morgan fingerprint density at radius 2 is 2.06 bits per heavy atom. The van der Waals surface area contributed by atoms with Gasteiger partial charge in [-0.15, -0.1) is 0 Å². The minimum Gasteiger partial charge on any atom is -0.469 e. The lowest BCUT2D eigenvalue weighted by Crippen LogP contribution is -2.28. The van der Waals surface area contributed by atoms with Gasteiger partial charge in [0.1, 0.15) is 5.82 Å². The molecule has 100 valence electrons. The summed E-state index contributed by atoms with van der Waals surface area (Å²) in [6.45, 7) is 3.65. The van der Waals surface area contributed by atoms with E-state index in [4.69, 9.17) is 0 Å². The molecule has 0 heterocycles. The number of halogens is 2. The van der Waals surface area contributed by atoms with E-state index in [0.717, 1.165) is 0 Å². The van der Waals surface area contributed by atoms with Crippen LogP contribution in [0.25, 0.3) is 0 Å². The number of rotatable bonds is 4. The van der Waals surface area contributed by atoms with Gasteiger partial charge in [-0.05, 0) is 39.5 Å². The van der Waals surface area contributed by atoms with E-state index >= 15 is 0 Å². The second-order valence-electron chi connectivity index (χ2n) is 4.41. The van der Waals surface area contributed by atoms with Gasteiger partial charge in [-0.25, -0.2) is 4.39 Å². The summed E-state index contributed by atoms with van der Waals surface area (Å²) in [5.74, 6) is -1.65. The van der Waals surface area contributed by atoms with Crippen LogP contribution >= 0.6 is 15.9 Å². The average molecular weight is 319 g/mol. The van der Waals surface area contributed by atoms with Crippen LogP contribution in [0.2, 0.25) is 0 Å². The van der Waals surface area contributed by atoms with E-state index in [1.165, 1.54) is 25.3 Å². The zero-order chi connectivity index (χ0) is 13.9. The first kappa shape index (κ1) is 15.1. The van der Waals surface area contributed by atoms with Crippen LogP contribution in [0, 0.1) is 17.7 Å². The Morgan fingerprint density at radius 3 is 2.50 bits per heavy atom. The SMILES string of the molecule is COC(=O)C(C(C)C)C(O)c1ccc(F)c(Br)c1. The molecule has 0 radical (unpaired) electrons. The molecule has 3 nitrogen and oxygen atoms in total. The smallest absolute Gasteiger partial charge is 0.311 e. The van der Waals surface area contributed by atoms with E-state index in [2.05, 4.69) is 20.7 Å². The number of esters is 1. The molecule has 0 aliphatic heterocycles. The summed E-state index contributed by atoms with van der Waals surface area (Å²) in [5, 5.41) is 10.2. The van der Waals surface area contributed by atoms with Gasteiger partial charge in [0.15, 0.2) is 0 Å². The maximum Gasteiger partial charge on any atom is 0.311 e. The Labute approximate surface area is 114 Å². The highest BCUT2D eigenvalue weighted by Gasteiger charge is 2.32. The number of hydrogen-bond donors (Lipinski definition) is 1. The van der Waals surface area contributed by atoms with E-state index in [-0.39, 0.29) is 10.4 Å². The maximum atomic E-state index is 13.1. The molecule has 5 heteroatoms. The van der Waals surface area contributed by atoms with E-state index in [1.807, 2.05) is 13.8 Å². The monoisotopic (exact) mass is 318 g/mol. The van der Waals surface area contributed by atoms with Gasteiger partial charge in [0.05, 0.1) is 23.6 Å². The number of aliphatic hydroxyl groups is 1. The molecule has 0 amide bonds. The van der Waals surface area contributed by atoms with Crippen molar-refractivity contribution in [2.45, 2.75) is 20.0 Å². The summed E-state index contributed by atoms with van der Waals surface area (Å²) >= 11 is 3.05. The van der Waals surface area contributed by atoms with Gasteiger partial charge in [0.2, 0.25) is 0 Å². The number of carbonyl (C=O) groups excluding carboxylic acids is 1. The second kappa shape index (κ2) is 6.29. The molecule has 0 saturated carbocycles. The molecule has 0 saturated heterocycles. The summed E-state index contributed by atoms with van der Waals surface area (Å²) in [5.41, 5.74) is 0.479. The van der Waals surface area contributed by atoms with Crippen LogP contribution < -0.4 is 0 Å². The number of benzene rings is 1. The molecular weight excluding hydrogens is 303 g/mol. The van der Waals surface area contributed by atoms with Gasteiger partial charge in [-0.1, -0.05) is 19.9 Å². The van der Waals surface area contributed by atoms with Crippen molar-refractivity contribution in [3.05, 3.63) is 34.1 Å². The van der Waals surface area contributed by atoms with Gasteiger partial charge in [-0.2, -0.15) is 0 Å². The third-order valence-corrected chi connectivity index (χ3v) is 3.42. The number of hydrogen-bond acceptors (Lipinski definition) is 3. The topological polar surface area (TPSA) is 46.5 Å². The standard InChI is InChI=1S/C13H16BrFO3/c1-7(2)11(13(17)18-3)12(16)8-4-5-10(15)9(14)6-8/h4-7,11-12,16H,1-3H3. The fraction of sp³-hybridized carbons (Fsp3) is 0.462. The summed E-state index contributed by atoms with van der Waals surface area (Å²) in [6, 6.07) is 4.18. The molecule has 18 heavy (non-hydrogen) atoms. The van der Waals surface area contributed by atoms with Crippen molar-refractivity contribution in [2.24, 2.45) is 11.8 Å². The predicted molar refractivity (Wildman–Crippen MR) is 69.4 cm³/mol. The number of ether oxygens (including phenoxy) is 1. The molecule has 2 unspecified atom stereocenters. The number of carbonyl (C=O) groups is 1. The summed E-state index contributed by atoms with van der Waals surface area (Å²) in [7, 11) is 1.28. The first-order valence-electron chi connectivity index (χ1n) is 5.59. The Kier molecular flexibility index (Phi) is 5.28. The van der Waals surface area contributed by atoms with Crippen molar-refractivity contribution in [1.82, 2.24) is 0 Å². The van der Waals surface area contributed by atoms with E-state index in [0.29, 0.717) is 5.56 Å². The number of methoxy groups -OCH3 is 1. The van der Waals surface area contributed by atoms with Crippen molar-refractivity contribution in [3.8, 4) is 0 Å². The first-order chi connectivity index (χ1) is 8.38. The molecule has 0 fully saturated rings. The quantitative estimate of drug-likeness (QED) is 0.868. The fourth-order valence-corrected chi connectivity index (χ4v) is 2.20. The van der Waals surface area contributed by atoms with Gasteiger partial charge in [0.25, 0.3) is 0 Å². The third kappa shape index (κ3) is 3.29. The minimum atomic E-state index is -1.02. The van der Waals surface area contributed by atoms with Crippen molar-refractivity contribution in [2.75, 3.05) is 7.11 Å². The van der Waals surface area contributed by atoms with Gasteiger partial charge >= 0.3 is 5.97 Å². The third-order valence-electron chi connectivity index (χ3n) is 2.82. The average Bonchev–Trinajstić information content (AvgIpc) is 2.32. The molecular formula is C13H16BrFO3. The van der Waals surface area contributed by atoms with Crippen molar-refractivity contribution < 1.29 is 19.0 Å². The molecule has 1 aromatic carbocycles. The van der Waals surface area contributed by atoms with E-state index in [9.17, 15) is 14.3 Å². The Morgan fingerprint density at radius 1 is 1.44 bits per heavy atom. The van der Waals surface area contributed by atoms with Crippen molar-refractivity contribution >= 4 is 21.9 Å². The van der Waals surface area contributed by atoms with Crippen LogP contribution in [0.4, 0.5) is 4.39 Å². The zero-order valence-electron chi connectivity index (χ0n) is 10.5. The van der Waals surface area contributed by atoms with Crippen molar-refractivity contribution in [1.29, 1.82) is 0 Å². The van der Waals surface area contributed by atoms with Crippen LogP contribution in [0.15, 0.2) is 22.7 Å². The largest absolute Gasteiger partial charge is 0.469 e. The highest BCUT2D eigenvalue weighted by atomic mass is 79.9. The van der Waals surface area contributed by atoms with Crippen LogP contribution in [-0.2, 0) is 9.53 Å². The van der Waals surface area contributed by atoms with Crippen LogP contribution in [-0.4, -0.2) is 18.2 Å². The first-order valence-corrected chi connectivity index (χ1v) is 6.38. The lowest BCUT2D eigenvalue weighted by Gasteiger charge is -2.24. The molecule has 2 atom stereocenters. The highest BCUT2D eigenvalue weighted by molar-refractivity contribution is 9.10. The van der Waals surface area contributed by atoms with E-state index in [1.54, 1.807) is 0 Å². The van der Waals surface area contributed by atoms with E-state index < -0.39 is 23.8 Å². The molecule has 0 aliphatic rings. The lowest BCUT2D eigenvalue weighted by atomic mass is 9.86. The summed E-state index contributed by atoms with van der Waals surface area (Å²) < 4.78 is 18.1. The minimum absolute atomic E-state index is 0.0868. The van der Waals surface area contributed by atoms with Crippen LogP contribution in [0.1, 0.15) is 25.5 Å². The van der Waals surface area contributed by atoms with Gasteiger partial charge in [0, 0.05) is 0 Å². The summed E-state index contributed by atoms with van der Waals surface area (Å²) in [4.78, 5) is 11.7. The fourth-order valence-electron chi connectivity index (χ4n) is 1.81. The molecule has 0 spiro atoms. The summed E-state index contributed by atoms with van der Waals surface area (Å²) in [6.07, 6.45) is -1.02. The maximum absolute atomic E-state index is 13.1. The highest BCUT2D eigenvalue weighted by Crippen LogP contribution is 2.31. The molecule has 0 bridgehead atoms.